The highest BCUT2D eigenvalue weighted by molar-refractivity contribution is 6.35. The molecule has 2 N–H and O–H groups in total. The topological polar surface area (TPSA) is 148 Å². The molecule has 1 amide bonds. The van der Waals surface area contributed by atoms with Crippen LogP contribution in [0.25, 0.3) is 33.5 Å². The number of carbonyl (C=O) groups is 2. The predicted molar refractivity (Wildman–Crippen MR) is 150 cm³/mol. The summed E-state index contributed by atoms with van der Waals surface area (Å²) in [7, 11) is 3.07. The maximum atomic E-state index is 12.6. The summed E-state index contributed by atoms with van der Waals surface area (Å²) in [5.74, 6) is -0.748. The van der Waals surface area contributed by atoms with Crippen LogP contribution in [0.4, 0.5) is 11.5 Å². The molecule has 0 bridgehead atoms. The number of halogens is 1. The monoisotopic (exact) mass is 552 g/mol. The van der Waals surface area contributed by atoms with Crippen LogP contribution >= 0.6 is 11.6 Å². The van der Waals surface area contributed by atoms with Crippen LogP contribution in [0.2, 0.25) is 5.02 Å². The van der Waals surface area contributed by atoms with Gasteiger partial charge in [-0.2, -0.15) is 10.4 Å². The van der Waals surface area contributed by atoms with E-state index < -0.39 is 11.9 Å². The van der Waals surface area contributed by atoms with Crippen LogP contribution in [0.5, 0.6) is 0 Å². The van der Waals surface area contributed by atoms with Crippen LogP contribution in [0.15, 0.2) is 67.0 Å². The van der Waals surface area contributed by atoms with Crippen molar-refractivity contribution in [3.8, 4) is 28.7 Å². The molecule has 0 radical (unpaired) electrons. The number of aromatic nitrogens is 5. The second-order valence-electron chi connectivity index (χ2n) is 8.61. The molecule has 11 nitrogen and oxygen atoms in total. The number of nitrogens with one attached hydrogen (secondary N) is 2. The summed E-state index contributed by atoms with van der Waals surface area (Å²) in [5, 5.41) is 21.2. The van der Waals surface area contributed by atoms with Gasteiger partial charge in [-0.05, 0) is 48.5 Å². The van der Waals surface area contributed by atoms with Gasteiger partial charge < -0.3 is 15.4 Å². The van der Waals surface area contributed by atoms with Gasteiger partial charge >= 0.3 is 5.97 Å². The highest BCUT2D eigenvalue weighted by Gasteiger charge is 2.20. The second kappa shape index (κ2) is 11.2. The second-order valence-corrected chi connectivity index (χ2v) is 9.02. The number of nitriles is 1. The fraction of sp³-hybridized carbons (Fsp3) is 0.107. The van der Waals surface area contributed by atoms with Crippen molar-refractivity contribution >= 4 is 45.9 Å². The molecule has 0 spiro atoms. The number of hydrogen-bond acceptors (Lipinski definition) is 9. The molecule has 2 aromatic carbocycles. The zero-order chi connectivity index (χ0) is 28.2. The average molecular weight is 553 g/mol. The summed E-state index contributed by atoms with van der Waals surface area (Å²) in [6.07, 6.45) is 3.43. The van der Waals surface area contributed by atoms with Crippen molar-refractivity contribution in [2.45, 2.75) is 0 Å². The third kappa shape index (κ3) is 5.43. The van der Waals surface area contributed by atoms with E-state index in [2.05, 4.69) is 41.5 Å². The van der Waals surface area contributed by atoms with Crippen molar-refractivity contribution < 1.29 is 14.3 Å². The molecular weight excluding hydrogens is 532 g/mol. The van der Waals surface area contributed by atoms with Gasteiger partial charge in [0.05, 0.1) is 29.8 Å². The van der Waals surface area contributed by atoms with Crippen molar-refractivity contribution in [2.75, 3.05) is 24.3 Å². The van der Waals surface area contributed by atoms with Crippen molar-refractivity contribution in [3.63, 3.8) is 0 Å². The van der Waals surface area contributed by atoms with Gasteiger partial charge in [-0.15, -0.1) is 0 Å². The number of rotatable bonds is 7. The molecule has 3 heterocycles. The molecule has 5 aromatic rings. The number of amides is 1. The summed E-state index contributed by atoms with van der Waals surface area (Å²) < 4.78 is 6.31. The lowest BCUT2D eigenvalue weighted by Crippen LogP contribution is -2.23. The van der Waals surface area contributed by atoms with E-state index in [1.165, 1.54) is 7.11 Å². The van der Waals surface area contributed by atoms with Crippen molar-refractivity contribution in [2.24, 2.45) is 7.05 Å². The molecule has 0 aliphatic heterocycles. The third-order valence-corrected chi connectivity index (χ3v) is 6.18. The summed E-state index contributed by atoms with van der Waals surface area (Å²) in [6.45, 7) is -0.198. The largest absolute Gasteiger partial charge is 0.465 e. The number of hydrogen-bond donors (Lipinski definition) is 2. The lowest BCUT2D eigenvalue weighted by molar-refractivity contribution is -0.114. The average Bonchev–Trinajstić information content (AvgIpc) is 3.41. The first kappa shape index (κ1) is 26.3. The van der Waals surface area contributed by atoms with Crippen LogP contribution in [-0.2, 0) is 16.6 Å². The lowest BCUT2D eigenvalue weighted by atomic mass is 10.0. The fourth-order valence-corrected chi connectivity index (χ4v) is 4.29. The highest BCUT2D eigenvalue weighted by atomic mass is 35.5. The first-order valence-corrected chi connectivity index (χ1v) is 12.3. The van der Waals surface area contributed by atoms with E-state index in [0.29, 0.717) is 44.4 Å². The van der Waals surface area contributed by atoms with Gasteiger partial charge in [0.1, 0.15) is 23.2 Å². The molecule has 0 fully saturated rings. The number of benzene rings is 2. The number of ether oxygens (including phenoxy) is 1. The van der Waals surface area contributed by atoms with Crippen LogP contribution in [0, 0.1) is 11.3 Å². The van der Waals surface area contributed by atoms with E-state index in [1.54, 1.807) is 66.6 Å². The van der Waals surface area contributed by atoms with Gasteiger partial charge in [-0.1, -0.05) is 17.7 Å². The molecule has 0 saturated carbocycles. The van der Waals surface area contributed by atoms with Gasteiger partial charge in [-0.25, -0.2) is 14.8 Å². The molecule has 0 saturated heterocycles. The van der Waals surface area contributed by atoms with E-state index in [0.717, 1.165) is 5.39 Å². The highest BCUT2D eigenvalue weighted by Crippen LogP contribution is 2.34. The summed E-state index contributed by atoms with van der Waals surface area (Å²) >= 11 is 6.53. The minimum absolute atomic E-state index is 0.00711. The number of nitrogens with zero attached hydrogens (tertiary/aromatic N) is 6. The Morgan fingerprint density at radius 2 is 1.90 bits per heavy atom. The number of carbonyl (C=O) groups excluding carboxylic acids is 2. The van der Waals surface area contributed by atoms with Gasteiger partial charge in [-0.3, -0.25) is 14.5 Å². The van der Waals surface area contributed by atoms with Gasteiger partial charge in [0.2, 0.25) is 5.91 Å². The molecule has 198 valence electrons. The quantitative estimate of drug-likeness (QED) is 0.279. The van der Waals surface area contributed by atoms with E-state index >= 15 is 0 Å². The number of methoxy groups -OCH3 is 1. The fourth-order valence-electron chi connectivity index (χ4n) is 4.02. The Hall–Kier alpha value is -5.34. The first-order chi connectivity index (χ1) is 19.4. The molecule has 5 rings (SSSR count). The Balaban J connectivity index is 1.46. The Bertz CT molecular complexity index is 1790. The van der Waals surface area contributed by atoms with Crippen molar-refractivity contribution in [3.05, 3.63) is 83.3 Å². The number of aryl methyl sites for hydroxylation is 1. The zero-order valence-electron chi connectivity index (χ0n) is 21.3. The number of esters is 1. The van der Waals surface area contributed by atoms with Crippen LogP contribution in [0.3, 0.4) is 0 Å². The van der Waals surface area contributed by atoms with Gasteiger partial charge in [0.25, 0.3) is 0 Å². The Labute approximate surface area is 233 Å². The molecule has 40 heavy (non-hydrogen) atoms. The van der Waals surface area contributed by atoms with Crippen molar-refractivity contribution in [1.29, 1.82) is 5.26 Å². The number of pyridine rings is 1. The normalized spacial score (nSPS) is 10.7. The summed E-state index contributed by atoms with van der Waals surface area (Å²) in [6, 6.07) is 17.4. The van der Waals surface area contributed by atoms with Gasteiger partial charge in [0, 0.05) is 36.1 Å². The smallest absolute Gasteiger partial charge is 0.337 e. The maximum absolute atomic E-state index is 12.6. The SMILES string of the molecule is COC(=O)c1ccc(NC(=O)CNc2nc(-c3ccn(C)n3)c(-c3cc(Cl)c4ncccc4c3)nc2C#N)cc1. The van der Waals surface area contributed by atoms with Crippen LogP contribution in [-0.4, -0.2) is 50.3 Å². The van der Waals surface area contributed by atoms with Crippen LogP contribution < -0.4 is 10.6 Å². The van der Waals surface area contributed by atoms with E-state index in [1.807, 2.05) is 12.1 Å². The Kier molecular flexibility index (Phi) is 7.35. The molecular formula is C28H21ClN8O3. The molecule has 0 aliphatic carbocycles. The summed E-state index contributed by atoms with van der Waals surface area (Å²) in [5.41, 5.74) is 3.45. The van der Waals surface area contributed by atoms with Gasteiger partial charge in [0.15, 0.2) is 11.5 Å². The number of fused-ring (bicyclic) bond motifs is 1. The predicted octanol–water partition coefficient (Wildman–Crippen LogP) is 4.45. The minimum atomic E-state index is -0.475. The van der Waals surface area contributed by atoms with E-state index in [4.69, 9.17) is 11.6 Å². The van der Waals surface area contributed by atoms with E-state index in [9.17, 15) is 14.9 Å². The number of anilines is 2. The molecule has 12 heteroatoms. The zero-order valence-corrected chi connectivity index (χ0v) is 22.1. The Morgan fingerprint density at radius 3 is 2.60 bits per heavy atom. The summed E-state index contributed by atoms with van der Waals surface area (Å²) in [4.78, 5) is 37.9. The lowest BCUT2D eigenvalue weighted by Gasteiger charge is -2.13. The minimum Gasteiger partial charge on any atom is -0.465 e. The maximum Gasteiger partial charge on any atom is 0.337 e. The van der Waals surface area contributed by atoms with Crippen LogP contribution in [0.1, 0.15) is 16.1 Å². The molecule has 0 unspecified atom stereocenters. The third-order valence-electron chi connectivity index (χ3n) is 5.90. The molecule has 0 atom stereocenters. The molecule has 0 aliphatic rings. The molecule has 3 aromatic heterocycles. The van der Waals surface area contributed by atoms with E-state index in [-0.39, 0.29) is 18.1 Å². The Morgan fingerprint density at radius 1 is 1.10 bits per heavy atom. The van der Waals surface area contributed by atoms with Crippen molar-refractivity contribution in [1.82, 2.24) is 24.7 Å². The first-order valence-electron chi connectivity index (χ1n) is 11.9. The standard InChI is InChI=1S/C28H21ClN8O3/c1-37-11-9-21(36-37)26-25(18-12-17-4-3-10-31-24(17)20(29)13-18)34-22(14-30)27(35-26)32-15-23(38)33-19-7-5-16(6-8-19)28(39)40-2/h3-13H,15H2,1-2H3,(H,32,35)(H,33,38).